The molecule has 0 saturated carbocycles. The van der Waals surface area contributed by atoms with Crippen LogP contribution in [0.25, 0.3) is 11.3 Å². The van der Waals surface area contributed by atoms with Crippen molar-refractivity contribution in [2.75, 3.05) is 19.5 Å². The van der Waals surface area contributed by atoms with Crippen LogP contribution in [0.15, 0.2) is 70.2 Å². The Hall–Kier alpha value is -4.38. The van der Waals surface area contributed by atoms with Gasteiger partial charge in [-0.3, -0.25) is 19.9 Å². The summed E-state index contributed by atoms with van der Waals surface area (Å²) in [5, 5.41) is 16.8. The molecule has 1 aromatic heterocycles. The van der Waals surface area contributed by atoms with E-state index in [0.717, 1.165) is 0 Å². The Balaban J connectivity index is 1.75. The van der Waals surface area contributed by atoms with Crippen molar-refractivity contribution < 1.29 is 24.0 Å². The first-order valence-corrected chi connectivity index (χ1v) is 12.1. The zero-order chi connectivity index (χ0) is 26.7. The van der Waals surface area contributed by atoms with E-state index in [1.54, 1.807) is 31.4 Å². The van der Waals surface area contributed by atoms with E-state index in [9.17, 15) is 19.7 Å². The van der Waals surface area contributed by atoms with Gasteiger partial charge in [-0.15, -0.1) is 11.3 Å². The second-order valence-electron chi connectivity index (χ2n) is 8.28. The lowest BCUT2D eigenvalue weighted by Crippen LogP contribution is -2.36. The average molecular weight is 521 g/mol. The van der Waals surface area contributed by atoms with E-state index < -0.39 is 28.7 Å². The maximum Gasteiger partial charge on any atom is 0.336 e. The fourth-order valence-corrected chi connectivity index (χ4v) is 5.15. The minimum atomic E-state index is -0.831. The van der Waals surface area contributed by atoms with E-state index in [1.165, 1.54) is 37.7 Å². The number of non-ortho nitro benzene ring substituents is 1. The summed E-state index contributed by atoms with van der Waals surface area (Å²) in [6, 6.07) is 13.5. The lowest BCUT2D eigenvalue weighted by atomic mass is 9.75. The van der Waals surface area contributed by atoms with E-state index >= 15 is 0 Å². The zero-order valence-corrected chi connectivity index (χ0v) is 21.4. The van der Waals surface area contributed by atoms with Gasteiger partial charge in [-0.2, -0.15) is 0 Å². The maximum atomic E-state index is 12.9. The third kappa shape index (κ3) is 5.12. The number of hydrogen-bond donors (Lipinski definition) is 1. The Bertz CT molecular complexity index is 1440. The number of ether oxygens (including phenoxy) is 2. The molecule has 0 bridgehead atoms. The van der Waals surface area contributed by atoms with Gasteiger partial charge < -0.3 is 14.8 Å². The molecule has 190 valence electrons. The van der Waals surface area contributed by atoms with Crippen molar-refractivity contribution in [2.24, 2.45) is 10.9 Å². The van der Waals surface area contributed by atoms with Crippen molar-refractivity contribution in [2.45, 2.75) is 19.8 Å². The van der Waals surface area contributed by atoms with Gasteiger partial charge in [0, 0.05) is 46.1 Å². The van der Waals surface area contributed by atoms with Gasteiger partial charge in [0.15, 0.2) is 5.13 Å². The van der Waals surface area contributed by atoms with Crippen LogP contribution in [0, 0.1) is 16.0 Å². The summed E-state index contributed by atoms with van der Waals surface area (Å²) in [5.74, 6) is -2.64. The molecule has 1 aliphatic heterocycles. The van der Waals surface area contributed by atoms with Crippen LogP contribution in [0.4, 0.5) is 16.5 Å². The summed E-state index contributed by atoms with van der Waals surface area (Å²) < 4.78 is 10.1. The molecule has 4 rings (SSSR count). The summed E-state index contributed by atoms with van der Waals surface area (Å²) in [7, 11) is 2.58. The standard InChI is InChI=1S/C26H24N4O6S/c1-14-21(24(31)35-3)23(22(15(2)27-14)25(32)36-4)18-10-5-6-11-19(18)28-26-29-20(13-37-26)16-8-7-9-17(12-16)30(33)34/h5-13,21,23H,1-4H3,(H,28,29). The van der Waals surface area contributed by atoms with E-state index in [0.29, 0.717) is 39.0 Å². The molecule has 0 radical (unpaired) electrons. The Morgan fingerprint density at radius 3 is 2.54 bits per heavy atom. The van der Waals surface area contributed by atoms with Gasteiger partial charge in [0.2, 0.25) is 0 Å². The molecule has 0 saturated heterocycles. The monoisotopic (exact) mass is 520 g/mol. The second-order valence-corrected chi connectivity index (χ2v) is 9.14. The number of thiazole rings is 1. The maximum absolute atomic E-state index is 12.9. The van der Waals surface area contributed by atoms with Crippen LogP contribution in [0.3, 0.4) is 0 Å². The number of para-hydroxylation sites is 1. The lowest BCUT2D eigenvalue weighted by Gasteiger charge is -2.32. The number of nitrogens with zero attached hydrogens (tertiary/aromatic N) is 3. The first-order valence-electron chi connectivity index (χ1n) is 11.2. The number of rotatable bonds is 7. The molecule has 11 heteroatoms. The molecule has 10 nitrogen and oxygen atoms in total. The van der Waals surface area contributed by atoms with Gasteiger partial charge in [-0.1, -0.05) is 30.3 Å². The van der Waals surface area contributed by atoms with Crippen molar-refractivity contribution in [1.29, 1.82) is 0 Å². The highest BCUT2D eigenvalue weighted by Gasteiger charge is 2.43. The number of benzene rings is 2. The number of esters is 2. The molecule has 0 fully saturated rings. The smallest absolute Gasteiger partial charge is 0.336 e. The van der Waals surface area contributed by atoms with Gasteiger partial charge in [0.25, 0.3) is 5.69 Å². The summed E-state index contributed by atoms with van der Waals surface area (Å²) in [5.41, 5.74) is 3.73. The second kappa shape index (κ2) is 10.7. The predicted octanol–water partition coefficient (Wildman–Crippen LogP) is 5.26. The van der Waals surface area contributed by atoms with Crippen molar-refractivity contribution in [1.82, 2.24) is 4.98 Å². The number of hydrogen-bond acceptors (Lipinski definition) is 10. The lowest BCUT2D eigenvalue weighted by molar-refractivity contribution is -0.384. The number of aliphatic imine (C=N–C) groups is 1. The van der Waals surface area contributed by atoms with E-state index in [4.69, 9.17) is 9.47 Å². The quantitative estimate of drug-likeness (QED) is 0.253. The number of carbonyl (C=O) groups is 2. The summed E-state index contributed by atoms with van der Waals surface area (Å²) in [6.07, 6.45) is 0. The third-order valence-electron chi connectivity index (χ3n) is 6.08. The molecule has 0 spiro atoms. The molecule has 1 N–H and O–H groups in total. The van der Waals surface area contributed by atoms with Crippen molar-refractivity contribution >= 4 is 45.5 Å². The van der Waals surface area contributed by atoms with Gasteiger partial charge in [0.05, 0.1) is 30.4 Å². The highest BCUT2D eigenvalue weighted by atomic mass is 32.1. The van der Waals surface area contributed by atoms with E-state index in [-0.39, 0.29) is 11.3 Å². The fourth-order valence-electron chi connectivity index (χ4n) is 4.42. The number of nitrogens with one attached hydrogen (secondary N) is 1. The van der Waals surface area contributed by atoms with Crippen molar-refractivity contribution in [3.05, 3.63) is 80.9 Å². The Labute approximate surface area is 216 Å². The predicted molar refractivity (Wildman–Crippen MR) is 140 cm³/mol. The van der Waals surface area contributed by atoms with Crippen LogP contribution < -0.4 is 5.32 Å². The number of nitro benzene ring substituents is 1. The Morgan fingerprint density at radius 1 is 1.08 bits per heavy atom. The molecule has 2 atom stereocenters. The highest BCUT2D eigenvalue weighted by molar-refractivity contribution is 7.14. The van der Waals surface area contributed by atoms with Gasteiger partial charge in [-0.05, 0) is 25.5 Å². The minimum absolute atomic E-state index is 0.0222. The van der Waals surface area contributed by atoms with Crippen LogP contribution in [0.5, 0.6) is 0 Å². The van der Waals surface area contributed by atoms with Crippen molar-refractivity contribution in [3.63, 3.8) is 0 Å². The van der Waals surface area contributed by atoms with Gasteiger partial charge >= 0.3 is 11.9 Å². The number of anilines is 2. The highest BCUT2D eigenvalue weighted by Crippen LogP contribution is 2.43. The van der Waals surface area contributed by atoms with Gasteiger partial charge in [-0.25, -0.2) is 9.78 Å². The molecular weight excluding hydrogens is 496 g/mol. The molecular formula is C26H24N4O6S. The minimum Gasteiger partial charge on any atom is -0.468 e. The number of aromatic nitrogens is 1. The molecule has 0 amide bonds. The molecule has 1 aliphatic rings. The van der Waals surface area contributed by atoms with Crippen molar-refractivity contribution in [3.8, 4) is 11.3 Å². The SMILES string of the molecule is COC(=O)C1=C(C)N=C(C)C(C(=O)OC)C1c1ccccc1Nc1nc(-c2cccc([N+](=O)[O-])c2)cs1. The average Bonchev–Trinajstić information content (AvgIpc) is 3.36. The fraction of sp³-hybridized carbons (Fsp3) is 0.231. The molecule has 2 unspecified atom stereocenters. The zero-order valence-electron chi connectivity index (χ0n) is 20.6. The summed E-state index contributed by atoms with van der Waals surface area (Å²) >= 11 is 1.32. The summed E-state index contributed by atoms with van der Waals surface area (Å²) in [4.78, 5) is 45.5. The number of methoxy groups -OCH3 is 2. The topological polar surface area (TPSA) is 133 Å². The molecule has 3 aromatic rings. The first kappa shape index (κ1) is 25.7. The molecule has 2 aromatic carbocycles. The first-order chi connectivity index (χ1) is 17.7. The third-order valence-corrected chi connectivity index (χ3v) is 6.84. The normalized spacial score (nSPS) is 17.1. The van der Waals surface area contributed by atoms with Crippen LogP contribution in [-0.4, -0.2) is 41.8 Å². The number of nitro groups is 1. The van der Waals surface area contributed by atoms with Crippen LogP contribution in [0.1, 0.15) is 25.3 Å². The summed E-state index contributed by atoms with van der Waals surface area (Å²) in [6.45, 7) is 3.44. The number of carbonyl (C=O) groups excluding carboxylic acids is 2. The Morgan fingerprint density at radius 2 is 1.84 bits per heavy atom. The molecule has 0 aliphatic carbocycles. The van der Waals surface area contributed by atoms with Gasteiger partial charge in [0.1, 0.15) is 5.92 Å². The Kier molecular flexibility index (Phi) is 7.44. The van der Waals surface area contributed by atoms with E-state index in [2.05, 4.69) is 15.3 Å². The largest absolute Gasteiger partial charge is 0.468 e. The molecule has 2 heterocycles. The van der Waals surface area contributed by atoms with E-state index in [1.807, 2.05) is 24.3 Å². The number of allylic oxidation sites excluding steroid dienone is 1. The molecule has 37 heavy (non-hydrogen) atoms. The van der Waals surface area contributed by atoms with Crippen LogP contribution in [-0.2, 0) is 19.1 Å². The van der Waals surface area contributed by atoms with Crippen LogP contribution >= 0.6 is 11.3 Å². The van der Waals surface area contributed by atoms with Crippen LogP contribution in [0.2, 0.25) is 0 Å².